The first-order valence-electron chi connectivity index (χ1n) is 5.03. The molecule has 0 radical (unpaired) electrons. The molecule has 0 aliphatic heterocycles. The van der Waals surface area contributed by atoms with E-state index >= 15 is 0 Å². The Bertz CT molecular complexity index is 543. The number of nitrogen functional groups attached to an aromatic ring is 1. The van der Waals surface area contributed by atoms with Crippen molar-refractivity contribution < 1.29 is 17.9 Å². The lowest BCUT2D eigenvalue weighted by Crippen LogP contribution is -2.17. The van der Waals surface area contributed by atoms with Crippen LogP contribution in [0.2, 0.25) is 0 Å². The largest absolute Gasteiger partial charge is 0.573 e. The van der Waals surface area contributed by atoms with Gasteiger partial charge >= 0.3 is 6.36 Å². The van der Waals surface area contributed by atoms with Gasteiger partial charge in [0.05, 0.1) is 0 Å². The molecule has 2 aromatic rings. The van der Waals surface area contributed by atoms with Crippen LogP contribution in [-0.4, -0.2) is 16.6 Å². The quantitative estimate of drug-likeness (QED) is 0.869. The average molecular weight is 257 g/mol. The third-order valence-electron chi connectivity index (χ3n) is 2.33. The van der Waals surface area contributed by atoms with Crippen LogP contribution in [0.5, 0.6) is 5.75 Å². The highest BCUT2D eigenvalue weighted by Gasteiger charge is 2.31. The molecule has 0 bridgehead atoms. The van der Waals surface area contributed by atoms with Crippen molar-refractivity contribution in [3.05, 3.63) is 30.0 Å². The van der Waals surface area contributed by atoms with E-state index in [2.05, 4.69) is 14.9 Å². The highest BCUT2D eigenvalue weighted by molar-refractivity contribution is 5.76. The summed E-state index contributed by atoms with van der Waals surface area (Å²) in [6.07, 6.45) is -4.71. The summed E-state index contributed by atoms with van der Waals surface area (Å²) >= 11 is 0. The van der Waals surface area contributed by atoms with Crippen molar-refractivity contribution in [2.45, 2.75) is 13.3 Å². The number of H-pyrrole nitrogens is 1. The molecule has 0 atom stereocenters. The van der Waals surface area contributed by atoms with E-state index in [9.17, 15) is 13.2 Å². The number of anilines is 1. The number of aryl methyl sites for hydroxylation is 1. The molecule has 0 spiro atoms. The molecule has 1 aromatic heterocycles. The van der Waals surface area contributed by atoms with Gasteiger partial charge in [-0.2, -0.15) is 5.10 Å². The summed E-state index contributed by atoms with van der Waals surface area (Å²) in [5, 5.41) is 6.45. The second-order valence-corrected chi connectivity index (χ2v) is 3.68. The number of aromatic nitrogens is 2. The van der Waals surface area contributed by atoms with E-state index in [4.69, 9.17) is 5.73 Å². The van der Waals surface area contributed by atoms with Crippen molar-refractivity contribution in [2.24, 2.45) is 0 Å². The molecule has 0 aliphatic carbocycles. The van der Waals surface area contributed by atoms with Crippen LogP contribution < -0.4 is 10.5 Å². The number of halogens is 3. The normalized spacial score (nSPS) is 11.6. The molecule has 0 saturated heterocycles. The first-order chi connectivity index (χ1) is 8.37. The highest BCUT2D eigenvalue weighted by Crippen LogP contribution is 2.31. The van der Waals surface area contributed by atoms with Crippen molar-refractivity contribution >= 4 is 5.82 Å². The predicted molar refractivity (Wildman–Crippen MR) is 59.9 cm³/mol. The Morgan fingerprint density at radius 3 is 2.61 bits per heavy atom. The number of alkyl halides is 3. The summed E-state index contributed by atoms with van der Waals surface area (Å²) in [5.74, 6) is -0.0586. The molecular formula is C11H10F3N3O. The molecule has 7 heteroatoms. The minimum absolute atomic E-state index is 0.233. The molecular weight excluding hydrogens is 247 g/mol. The van der Waals surface area contributed by atoms with Gasteiger partial charge in [-0.05, 0) is 24.6 Å². The SMILES string of the molecule is Cc1[nH]nc(N)c1-c1cccc(OC(F)(F)F)c1. The minimum Gasteiger partial charge on any atom is -0.406 e. The zero-order valence-electron chi connectivity index (χ0n) is 9.38. The fraction of sp³-hybridized carbons (Fsp3) is 0.182. The smallest absolute Gasteiger partial charge is 0.406 e. The van der Waals surface area contributed by atoms with Gasteiger partial charge in [0.2, 0.25) is 0 Å². The maximum absolute atomic E-state index is 12.1. The Hall–Kier alpha value is -2.18. The van der Waals surface area contributed by atoms with E-state index < -0.39 is 6.36 Å². The number of hydrogen-bond acceptors (Lipinski definition) is 3. The van der Waals surface area contributed by atoms with Crippen LogP contribution >= 0.6 is 0 Å². The van der Waals surface area contributed by atoms with Gasteiger partial charge in [-0.25, -0.2) is 0 Å². The molecule has 0 amide bonds. The van der Waals surface area contributed by atoms with Crippen molar-refractivity contribution in [1.82, 2.24) is 10.2 Å². The van der Waals surface area contributed by atoms with Gasteiger partial charge in [-0.1, -0.05) is 12.1 Å². The number of ether oxygens (including phenoxy) is 1. The van der Waals surface area contributed by atoms with Crippen LogP contribution in [-0.2, 0) is 0 Å². The van der Waals surface area contributed by atoms with Crippen molar-refractivity contribution in [2.75, 3.05) is 5.73 Å². The lowest BCUT2D eigenvalue weighted by molar-refractivity contribution is -0.274. The van der Waals surface area contributed by atoms with Crippen molar-refractivity contribution in [3.63, 3.8) is 0 Å². The summed E-state index contributed by atoms with van der Waals surface area (Å²) in [4.78, 5) is 0. The fourth-order valence-corrected chi connectivity index (χ4v) is 1.66. The van der Waals surface area contributed by atoms with Gasteiger partial charge in [-0.3, -0.25) is 5.10 Å². The molecule has 0 fully saturated rings. The summed E-state index contributed by atoms with van der Waals surface area (Å²) in [5.41, 5.74) is 7.41. The molecule has 1 aromatic carbocycles. The van der Waals surface area contributed by atoms with Crippen molar-refractivity contribution in [1.29, 1.82) is 0 Å². The number of rotatable bonds is 2. The van der Waals surface area contributed by atoms with Crippen LogP contribution in [0.4, 0.5) is 19.0 Å². The molecule has 96 valence electrons. The third-order valence-corrected chi connectivity index (χ3v) is 2.33. The summed E-state index contributed by atoms with van der Waals surface area (Å²) in [6.45, 7) is 1.73. The van der Waals surface area contributed by atoms with E-state index in [-0.39, 0.29) is 11.6 Å². The summed E-state index contributed by atoms with van der Waals surface area (Å²) in [7, 11) is 0. The molecule has 3 N–H and O–H groups in total. The minimum atomic E-state index is -4.71. The standard InChI is InChI=1S/C11H10F3N3O/c1-6-9(10(15)17-16-6)7-3-2-4-8(5-7)18-11(12,13)14/h2-5H,1H3,(H3,15,16,17). The number of benzene rings is 1. The maximum Gasteiger partial charge on any atom is 0.573 e. The van der Waals surface area contributed by atoms with Crippen LogP contribution in [0, 0.1) is 6.92 Å². The summed E-state index contributed by atoms with van der Waals surface area (Å²) < 4.78 is 40.2. The van der Waals surface area contributed by atoms with E-state index in [1.807, 2.05) is 0 Å². The van der Waals surface area contributed by atoms with Crippen LogP contribution in [0.3, 0.4) is 0 Å². The van der Waals surface area contributed by atoms with Gasteiger partial charge in [-0.15, -0.1) is 13.2 Å². The topological polar surface area (TPSA) is 63.9 Å². The molecule has 0 unspecified atom stereocenters. The first kappa shape index (κ1) is 12.3. The number of nitrogens with one attached hydrogen (secondary N) is 1. The van der Waals surface area contributed by atoms with Gasteiger partial charge in [0.1, 0.15) is 5.75 Å². The summed E-state index contributed by atoms with van der Waals surface area (Å²) in [6, 6.07) is 5.59. The van der Waals surface area contributed by atoms with Crippen LogP contribution in [0.1, 0.15) is 5.69 Å². The lowest BCUT2D eigenvalue weighted by Gasteiger charge is -2.10. The highest BCUT2D eigenvalue weighted by atomic mass is 19.4. The van der Waals surface area contributed by atoms with Gasteiger partial charge < -0.3 is 10.5 Å². The number of nitrogens with zero attached hydrogens (tertiary/aromatic N) is 1. The van der Waals surface area contributed by atoms with E-state index in [1.165, 1.54) is 18.2 Å². The van der Waals surface area contributed by atoms with E-state index in [1.54, 1.807) is 13.0 Å². The maximum atomic E-state index is 12.1. The fourth-order valence-electron chi connectivity index (χ4n) is 1.66. The number of hydrogen-bond donors (Lipinski definition) is 2. The van der Waals surface area contributed by atoms with Gasteiger partial charge in [0, 0.05) is 11.3 Å². The molecule has 4 nitrogen and oxygen atoms in total. The van der Waals surface area contributed by atoms with Crippen LogP contribution in [0.15, 0.2) is 24.3 Å². The first-order valence-corrected chi connectivity index (χ1v) is 5.03. The molecule has 0 saturated carbocycles. The number of aromatic amines is 1. The second kappa shape index (κ2) is 4.25. The van der Waals surface area contributed by atoms with E-state index in [0.29, 0.717) is 16.8 Å². The zero-order valence-corrected chi connectivity index (χ0v) is 9.38. The van der Waals surface area contributed by atoms with Crippen molar-refractivity contribution in [3.8, 4) is 16.9 Å². The van der Waals surface area contributed by atoms with Crippen LogP contribution in [0.25, 0.3) is 11.1 Å². The Morgan fingerprint density at radius 2 is 2.06 bits per heavy atom. The predicted octanol–water partition coefficient (Wildman–Crippen LogP) is 2.87. The Kier molecular flexibility index (Phi) is 2.90. The van der Waals surface area contributed by atoms with E-state index in [0.717, 1.165) is 0 Å². The molecule has 0 aliphatic rings. The Labute approximate surface area is 101 Å². The Morgan fingerprint density at radius 1 is 1.33 bits per heavy atom. The molecule has 2 rings (SSSR count). The molecule has 1 heterocycles. The Balaban J connectivity index is 2.39. The second-order valence-electron chi connectivity index (χ2n) is 3.68. The average Bonchev–Trinajstić information content (AvgIpc) is 2.56. The van der Waals surface area contributed by atoms with Gasteiger partial charge in [0.15, 0.2) is 5.82 Å². The lowest BCUT2D eigenvalue weighted by atomic mass is 10.1. The zero-order chi connectivity index (χ0) is 13.3. The number of nitrogens with two attached hydrogens (primary N) is 1. The van der Waals surface area contributed by atoms with Gasteiger partial charge in [0.25, 0.3) is 0 Å². The monoisotopic (exact) mass is 257 g/mol. The molecule has 18 heavy (non-hydrogen) atoms. The third kappa shape index (κ3) is 2.55.